The number of amides is 1. The highest BCUT2D eigenvalue weighted by atomic mass is 19.2. The molecule has 0 fully saturated rings. The van der Waals surface area contributed by atoms with Crippen LogP contribution in [0, 0.1) is 17.5 Å². The molecule has 0 saturated heterocycles. The highest BCUT2D eigenvalue weighted by Gasteiger charge is 2.15. The maximum Gasteiger partial charge on any atom is 0.240 e. The number of rotatable bonds is 5. The Hall–Kier alpha value is -2.42. The van der Waals surface area contributed by atoms with Crippen molar-refractivity contribution in [3.63, 3.8) is 0 Å². The number of carbonyl (C=O) groups is 1. The quantitative estimate of drug-likeness (QED) is 0.790. The third-order valence-corrected chi connectivity index (χ3v) is 2.29. The van der Waals surface area contributed by atoms with Gasteiger partial charge in [-0.25, -0.2) is 13.2 Å². The molecule has 0 aliphatic rings. The Kier molecular flexibility index (Phi) is 3.99. The summed E-state index contributed by atoms with van der Waals surface area (Å²) in [6.07, 6.45) is 0. The smallest absolute Gasteiger partial charge is 0.240 e. The van der Waals surface area contributed by atoms with Gasteiger partial charge in [0.15, 0.2) is 17.5 Å². The van der Waals surface area contributed by atoms with Crippen molar-refractivity contribution in [2.45, 2.75) is 6.54 Å². The van der Waals surface area contributed by atoms with Crippen molar-refractivity contribution >= 4 is 5.91 Å². The first kappa shape index (κ1) is 14.0. The standard InChI is InChI=1S/C11H9F3N4O2/c12-6-1-5(2-7(13)10(6)14)11-17-9(20-18-11)4-16-3-8(15)19/h1-2,16H,3-4H2,(H2,15,19). The lowest BCUT2D eigenvalue weighted by Crippen LogP contribution is -2.28. The molecular formula is C11H9F3N4O2. The molecule has 20 heavy (non-hydrogen) atoms. The maximum atomic E-state index is 13.1. The second kappa shape index (κ2) is 5.70. The average Bonchev–Trinajstić information content (AvgIpc) is 2.83. The third kappa shape index (κ3) is 3.12. The van der Waals surface area contributed by atoms with Gasteiger partial charge >= 0.3 is 0 Å². The summed E-state index contributed by atoms with van der Waals surface area (Å²) in [7, 11) is 0. The van der Waals surface area contributed by atoms with Crippen LogP contribution in [0.15, 0.2) is 16.7 Å². The van der Waals surface area contributed by atoms with E-state index in [1.165, 1.54) is 0 Å². The van der Waals surface area contributed by atoms with Crippen LogP contribution in [0.25, 0.3) is 11.4 Å². The van der Waals surface area contributed by atoms with Gasteiger partial charge in [0.1, 0.15) is 0 Å². The molecule has 1 heterocycles. The lowest BCUT2D eigenvalue weighted by atomic mass is 10.2. The number of benzene rings is 1. The van der Waals surface area contributed by atoms with Crippen molar-refractivity contribution in [1.82, 2.24) is 15.5 Å². The number of halogens is 3. The molecule has 0 spiro atoms. The Morgan fingerprint density at radius 3 is 2.55 bits per heavy atom. The van der Waals surface area contributed by atoms with Crippen LogP contribution in [0.5, 0.6) is 0 Å². The van der Waals surface area contributed by atoms with Gasteiger partial charge in [0.25, 0.3) is 0 Å². The van der Waals surface area contributed by atoms with Gasteiger partial charge in [0, 0.05) is 5.56 Å². The van der Waals surface area contributed by atoms with Crippen LogP contribution < -0.4 is 11.1 Å². The summed E-state index contributed by atoms with van der Waals surface area (Å²) in [4.78, 5) is 14.3. The number of primary amides is 1. The van der Waals surface area contributed by atoms with Crippen molar-refractivity contribution in [3.05, 3.63) is 35.5 Å². The normalized spacial score (nSPS) is 10.8. The molecule has 0 radical (unpaired) electrons. The first-order valence-corrected chi connectivity index (χ1v) is 5.44. The van der Waals surface area contributed by atoms with Crippen LogP contribution in [-0.4, -0.2) is 22.6 Å². The number of nitrogens with zero attached hydrogens (tertiary/aromatic N) is 2. The molecule has 1 aromatic carbocycles. The molecule has 106 valence electrons. The number of hydrogen-bond acceptors (Lipinski definition) is 5. The molecule has 9 heteroatoms. The van der Waals surface area contributed by atoms with Crippen molar-refractivity contribution < 1.29 is 22.5 Å². The second-order valence-corrected chi connectivity index (χ2v) is 3.84. The molecule has 0 aliphatic heterocycles. The Morgan fingerprint density at radius 2 is 1.95 bits per heavy atom. The van der Waals surface area contributed by atoms with Crippen LogP contribution >= 0.6 is 0 Å². The molecule has 2 aromatic rings. The number of carbonyl (C=O) groups excluding carboxylic acids is 1. The van der Waals surface area contributed by atoms with Gasteiger partial charge < -0.3 is 10.3 Å². The highest BCUT2D eigenvalue weighted by molar-refractivity contribution is 5.75. The zero-order valence-corrected chi connectivity index (χ0v) is 9.99. The monoisotopic (exact) mass is 286 g/mol. The van der Waals surface area contributed by atoms with Crippen LogP contribution in [0.1, 0.15) is 5.89 Å². The largest absolute Gasteiger partial charge is 0.369 e. The first-order chi connectivity index (χ1) is 9.47. The predicted molar refractivity (Wildman–Crippen MR) is 60.5 cm³/mol. The van der Waals surface area contributed by atoms with E-state index in [2.05, 4.69) is 15.5 Å². The van der Waals surface area contributed by atoms with Crippen LogP contribution in [0.3, 0.4) is 0 Å². The molecule has 1 amide bonds. The molecule has 1 aromatic heterocycles. The van der Waals surface area contributed by atoms with Gasteiger partial charge in [-0.3, -0.25) is 10.1 Å². The van der Waals surface area contributed by atoms with Crippen LogP contribution in [-0.2, 0) is 11.3 Å². The van der Waals surface area contributed by atoms with E-state index >= 15 is 0 Å². The summed E-state index contributed by atoms with van der Waals surface area (Å²) >= 11 is 0. The summed E-state index contributed by atoms with van der Waals surface area (Å²) in [5.41, 5.74) is 4.85. The summed E-state index contributed by atoms with van der Waals surface area (Å²) in [5, 5.41) is 6.12. The van der Waals surface area contributed by atoms with Crippen LogP contribution in [0.4, 0.5) is 13.2 Å². The molecule has 2 rings (SSSR count). The fourth-order valence-corrected chi connectivity index (χ4v) is 1.42. The zero-order valence-electron chi connectivity index (χ0n) is 9.99. The van der Waals surface area contributed by atoms with Gasteiger partial charge in [-0.2, -0.15) is 4.98 Å². The minimum atomic E-state index is -1.57. The van der Waals surface area contributed by atoms with Gasteiger partial charge in [-0.05, 0) is 12.1 Å². The average molecular weight is 286 g/mol. The topological polar surface area (TPSA) is 94.0 Å². The number of aromatic nitrogens is 2. The lowest BCUT2D eigenvalue weighted by Gasteiger charge is -1.98. The molecule has 0 bridgehead atoms. The summed E-state index contributed by atoms with van der Waals surface area (Å²) in [6.45, 7) is -0.0282. The Balaban J connectivity index is 2.14. The van der Waals surface area contributed by atoms with E-state index in [0.717, 1.165) is 12.1 Å². The van der Waals surface area contributed by atoms with E-state index < -0.39 is 23.4 Å². The molecule has 3 N–H and O–H groups in total. The van der Waals surface area contributed by atoms with Crippen molar-refractivity contribution in [3.8, 4) is 11.4 Å². The van der Waals surface area contributed by atoms with E-state index in [-0.39, 0.29) is 30.4 Å². The molecule has 0 saturated carbocycles. The zero-order chi connectivity index (χ0) is 14.7. The van der Waals surface area contributed by atoms with Gasteiger partial charge in [-0.1, -0.05) is 5.16 Å². The number of hydrogen-bond donors (Lipinski definition) is 2. The van der Waals surface area contributed by atoms with E-state index in [9.17, 15) is 18.0 Å². The maximum absolute atomic E-state index is 13.1. The molecule has 0 unspecified atom stereocenters. The Morgan fingerprint density at radius 1 is 1.30 bits per heavy atom. The van der Waals surface area contributed by atoms with E-state index in [0.29, 0.717) is 0 Å². The number of nitrogens with one attached hydrogen (secondary N) is 1. The van der Waals surface area contributed by atoms with E-state index in [4.69, 9.17) is 10.3 Å². The third-order valence-electron chi connectivity index (χ3n) is 2.29. The summed E-state index contributed by atoms with van der Waals surface area (Å²) < 4.78 is 43.7. The summed E-state index contributed by atoms with van der Waals surface area (Å²) in [6, 6.07) is 1.51. The minimum absolute atomic E-state index is 0.0576. The second-order valence-electron chi connectivity index (χ2n) is 3.84. The first-order valence-electron chi connectivity index (χ1n) is 5.44. The Bertz CT molecular complexity index is 621. The molecule has 0 atom stereocenters. The van der Waals surface area contributed by atoms with Crippen molar-refractivity contribution in [2.24, 2.45) is 5.73 Å². The van der Waals surface area contributed by atoms with Gasteiger partial charge in [0.2, 0.25) is 17.6 Å². The SMILES string of the molecule is NC(=O)CNCc1nc(-c2cc(F)c(F)c(F)c2)no1. The van der Waals surface area contributed by atoms with Gasteiger partial charge in [0.05, 0.1) is 13.1 Å². The summed E-state index contributed by atoms with van der Waals surface area (Å²) in [5.74, 6) is -4.84. The lowest BCUT2D eigenvalue weighted by molar-refractivity contribution is -0.117. The van der Waals surface area contributed by atoms with E-state index in [1.54, 1.807) is 0 Å². The van der Waals surface area contributed by atoms with Crippen molar-refractivity contribution in [2.75, 3.05) is 6.54 Å². The fourth-order valence-electron chi connectivity index (χ4n) is 1.42. The Labute approximate surface area is 110 Å². The fraction of sp³-hybridized carbons (Fsp3) is 0.182. The molecular weight excluding hydrogens is 277 g/mol. The van der Waals surface area contributed by atoms with Crippen LogP contribution in [0.2, 0.25) is 0 Å². The van der Waals surface area contributed by atoms with Crippen molar-refractivity contribution in [1.29, 1.82) is 0 Å². The van der Waals surface area contributed by atoms with Gasteiger partial charge in [-0.15, -0.1) is 0 Å². The predicted octanol–water partition coefficient (Wildman–Crippen LogP) is 0.729. The highest BCUT2D eigenvalue weighted by Crippen LogP contribution is 2.21. The molecule has 6 nitrogen and oxygen atoms in total. The minimum Gasteiger partial charge on any atom is -0.369 e. The van der Waals surface area contributed by atoms with E-state index in [1.807, 2.05) is 0 Å². The number of nitrogens with two attached hydrogens (primary N) is 1. The molecule has 0 aliphatic carbocycles.